The molecule has 0 fully saturated rings. The van der Waals surface area contributed by atoms with E-state index in [1.807, 2.05) is 0 Å². The van der Waals surface area contributed by atoms with Crippen LogP contribution in [0.4, 0.5) is 4.39 Å². The Kier molecular flexibility index (Phi) is 3.60. The van der Waals surface area contributed by atoms with Crippen molar-refractivity contribution in [2.24, 2.45) is 0 Å². The molecule has 0 N–H and O–H groups in total. The van der Waals surface area contributed by atoms with Crippen molar-refractivity contribution in [3.8, 4) is 0 Å². The van der Waals surface area contributed by atoms with Crippen LogP contribution in [0.15, 0.2) is 18.2 Å². The van der Waals surface area contributed by atoms with Crippen molar-refractivity contribution < 1.29 is 9.18 Å². The molecule has 0 aliphatic rings. The quantitative estimate of drug-likeness (QED) is 0.589. The van der Waals surface area contributed by atoms with E-state index in [-0.39, 0.29) is 11.3 Å². The van der Waals surface area contributed by atoms with Crippen molar-refractivity contribution in [3.05, 3.63) is 35.1 Å². The molecule has 0 saturated heterocycles. The molecule has 0 bridgehead atoms. The number of carbonyl (C=O) groups is 1. The van der Waals surface area contributed by atoms with E-state index in [0.29, 0.717) is 11.8 Å². The van der Waals surface area contributed by atoms with E-state index in [1.165, 1.54) is 6.07 Å². The summed E-state index contributed by atoms with van der Waals surface area (Å²) in [7, 11) is 0. The van der Waals surface area contributed by atoms with Gasteiger partial charge in [0.15, 0.2) is 5.78 Å². The second-order valence-electron chi connectivity index (χ2n) is 2.72. The summed E-state index contributed by atoms with van der Waals surface area (Å²) in [6.45, 7) is 1.72. The summed E-state index contributed by atoms with van der Waals surface area (Å²) in [5.41, 5.74) is 1.11. The summed E-state index contributed by atoms with van der Waals surface area (Å²) >= 11 is 3.25. The number of alkyl halides is 1. The minimum Gasteiger partial charge on any atom is -0.294 e. The van der Waals surface area contributed by atoms with E-state index in [0.717, 1.165) is 5.56 Å². The molecule has 0 saturated carbocycles. The van der Waals surface area contributed by atoms with Crippen LogP contribution in [0.2, 0.25) is 0 Å². The highest BCUT2D eigenvalue weighted by Crippen LogP contribution is 2.14. The predicted octanol–water partition coefficient (Wildman–Crippen LogP) is 3.31. The minimum atomic E-state index is -0.434. The number of hydrogen-bond donors (Lipinski definition) is 0. The maximum absolute atomic E-state index is 13.1. The van der Waals surface area contributed by atoms with Crippen LogP contribution in [0.25, 0.3) is 0 Å². The Morgan fingerprint density at radius 1 is 1.54 bits per heavy atom. The van der Waals surface area contributed by atoms with Crippen molar-refractivity contribution in [1.29, 1.82) is 0 Å². The topological polar surface area (TPSA) is 17.1 Å². The van der Waals surface area contributed by atoms with E-state index in [2.05, 4.69) is 15.9 Å². The van der Waals surface area contributed by atoms with Crippen molar-refractivity contribution in [1.82, 2.24) is 0 Å². The molecule has 13 heavy (non-hydrogen) atoms. The van der Waals surface area contributed by atoms with Crippen LogP contribution in [0.5, 0.6) is 0 Å². The molecule has 1 aromatic carbocycles. The summed E-state index contributed by atoms with van der Waals surface area (Å²) in [6.07, 6.45) is 0.336. The molecule has 1 aromatic rings. The monoisotopic (exact) mass is 244 g/mol. The maximum Gasteiger partial charge on any atom is 0.165 e. The molecule has 0 heterocycles. The van der Waals surface area contributed by atoms with Gasteiger partial charge in [-0.3, -0.25) is 4.79 Å². The molecule has 3 heteroatoms. The molecule has 70 valence electrons. The van der Waals surface area contributed by atoms with Gasteiger partial charge in [0, 0.05) is 11.8 Å². The summed E-state index contributed by atoms with van der Waals surface area (Å²) in [4.78, 5) is 11.2. The van der Waals surface area contributed by atoms with E-state index < -0.39 is 5.82 Å². The third kappa shape index (κ3) is 2.37. The molecule has 0 aliphatic carbocycles. The lowest BCUT2D eigenvalue weighted by molar-refractivity contribution is 0.0984. The molecule has 1 nitrogen and oxygen atoms in total. The normalized spacial score (nSPS) is 10.1. The highest BCUT2D eigenvalue weighted by Gasteiger charge is 2.09. The fourth-order valence-corrected chi connectivity index (χ4v) is 1.41. The van der Waals surface area contributed by atoms with Crippen molar-refractivity contribution in [2.45, 2.75) is 18.7 Å². The average molecular weight is 245 g/mol. The second-order valence-corrected chi connectivity index (χ2v) is 3.29. The first-order valence-electron chi connectivity index (χ1n) is 4.06. The van der Waals surface area contributed by atoms with Gasteiger partial charge in [0.2, 0.25) is 0 Å². The Balaban J connectivity index is 3.11. The minimum absolute atomic E-state index is 0.152. The molecular weight excluding hydrogens is 235 g/mol. The molecular formula is C10H10BrFO. The fraction of sp³-hybridized carbons (Fsp3) is 0.300. The Morgan fingerprint density at radius 3 is 2.77 bits per heavy atom. The van der Waals surface area contributed by atoms with E-state index >= 15 is 0 Å². The van der Waals surface area contributed by atoms with Gasteiger partial charge in [0.1, 0.15) is 5.82 Å². The van der Waals surface area contributed by atoms with Gasteiger partial charge in [0.05, 0.1) is 5.56 Å². The van der Waals surface area contributed by atoms with E-state index in [9.17, 15) is 9.18 Å². The first kappa shape index (κ1) is 10.4. The number of ketones is 1. The van der Waals surface area contributed by atoms with Gasteiger partial charge < -0.3 is 0 Å². The van der Waals surface area contributed by atoms with E-state index in [4.69, 9.17) is 0 Å². The van der Waals surface area contributed by atoms with Crippen LogP contribution in [0, 0.1) is 5.82 Å². The first-order valence-corrected chi connectivity index (χ1v) is 5.18. The lowest BCUT2D eigenvalue weighted by Crippen LogP contribution is -2.01. The van der Waals surface area contributed by atoms with Crippen molar-refractivity contribution in [2.75, 3.05) is 0 Å². The van der Waals surface area contributed by atoms with Crippen LogP contribution in [-0.4, -0.2) is 5.78 Å². The zero-order chi connectivity index (χ0) is 9.84. The van der Waals surface area contributed by atoms with Gasteiger partial charge in [-0.05, 0) is 17.7 Å². The molecule has 1 rings (SSSR count). The summed E-state index contributed by atoms with van der Waals surface area (Å²) in [6, 6.07) is 4.59. The SMILES string of the molecule is CCC(=O)c1cc(CBr)ccc1F. The molecule has 0 radical (unpaired) electrons. The Labute approximate surface area is 85.1 Å². The standard InChI is InChI=1S/C10H10BrFO/c1-2-10(13)8-5-7(6-11)3-4-9(8)12/h3-5H,2,6H2,1H3. The lowest BCUT2D eigenvalue weighted by Gasteiger charge is -2.02. The van der Waals surface area contributed by atoms with Crippen LogP contribution in [0.1, 0.15) is 29.3 Å². The Bertz CT molecular complexity index is 323. The van der Waals surface area contributed by atoms with Crippen LogP contribution in [-0.2, 0) is 5.33 Å². The van der Waals surface area contributed by atoms with Gasteiger partial charge in [-0.1, -0.05) is 28.9 Å². The van der Waals surface area contributed by atoms with Gasteiger partial charge >= 0.3 is 0 Å². The van der Waals surface area contributed by atoms with Crippen LogP contribution in [0.3, 0.4) is 0 Å². The molecule has 0 aromatic heterocycles. The van der Waals surface area contributed by atoms with Gasteiger partial charge in [-0.15, -0.1) is 0 Å². The van der Waals surface area contributed by atoms with Gasteiger partial charge in [-0.25, -0.2) is 4.39 Å². The summed E-state index contributed by atoms with van der Waals surface area (Å²) in [5, 5.41) is 0.636. The average Bonchev–Trinajstić information content (AvgIpc) is 2.17. The Hall–Kier alpha value is -0.700. The summed E-state index contributed by atoms with van der Waals surface area (Å²) in [5.74, 6) is -0.586. The third-order valence-corrected chi connectivity index (χ3v) is 2.45. The molecule has 0 unspecified atom stereocenters. The second kappa shape index (κ2) is 4.51. The molecule has 0 aliphatic heterocycles. The molecule has 0 atom stereocenters. The predicted molar refractivity (Wildman–Crippen MR) is 53.7 cm³/mol. The smallest absolute Gasteiger partial charge is 0.165 e. The lowest BCUT2D eigenvalue weighted by atomic mass is 10.1. The van der Waals surface area contributed by atoms with E-state index in [1.54, 1.807) is 19.1 Å². The highest BCUT2D eigenvalue weighted by atomic mass is 79.9. The largest absolute Gasteiger partial charge is 0.294 e. The summed E-state index contributed by atoms with van der Waals surface area (Å²) < 4.78 is 13.1. The number of benzene rings is 1. The third-order valence-electron chi connectivity index (χ3n) is 1.81. The molecule has 0 spiro atoms. The van der Waals surface area contributed by atoms with Gasteiger partial charge in [0.25, 0.3) is 0 Å². The van der Waals surface area contributed by atoms with Crippen LogP contribution >= 0.6 is 15.9 Å². The highest BCUT2D eigenvalue weighted by molar-refractivity contribution is 9.08. The molecule has 0 amide bonds. The first-order chi connectivity index (χ1) is 6.19. The van der Waals surface area contributed by atoms with Crippen molar-refractivity contribution in [3.63, 3.8) is 0 Å². The maximum atomic E-state index is 13.1. The van der Waals surface area contributed by atoms with Crippen LogP contribution < -0.4 is 0 Å². The number of halogens is 2. The Morgan fingerprint density at radius 2 is 2.23 bits per heavy atom. The van der Waals surface area contributed by atoms with Crippen molar-refractivity contribution >= 4 is 21.7 Å². The zero-order valence-electron chi connectivity index (χ0n) is 7.31. The number of hydrogen-bond acceptors (Lipinski definition) is 1. The van der Waals surface area contributed by atoms with Gasteiger partial charge in [-0.2, -0.15) is 0 Å². The zero-order valence-corrected chi connectivity index (χ0v) is 8.90. The number of rotatable bonds is 3. The fourth-order valence-electron chi connectivity index (χ4n) is 1.06. The number of carbonyl (C=O) groups excluding carboxylic acids is 1. The number of Topliss-reactive ketones (excluding diaryl/α,β-unsaturated/α-hetero) is 1.